The molecule has 2 aromatic carbocycles. The lowest BCUT2D eigenvalue weighted by Gasteiger charge is -2.18. The maximum absolute atomic E-state index is 4.66. The first-order chi connectivity index (χ1) is 11.3. The van der Waals surface area contributed by atoms with Crippen molar-refractivity contribution in [3.8, 4) is 0 Å². The standard InChI is InChI=1S/C20H17N3/c1-14-10-11-22-20-16(14)8-5-9-17(20)19(18-12-21-13-23-18)15-6-3-2-4-7-15/h2-13,19H,1H3,(H,21,23). The molecule has 0 radical (unpaired) electrons. The van der Waals surface area contributed by atoms with Crippen molar-refractivity contribution < 1.29 is 0 Å². The van der Waals surface area contributed by atoms with E-state index in [2.05, 4.69) is 70.4 Å². The Bertz CT molecular complexity index is 928. The maximum atomic E-state index is 4.66. The molecule has 112 valence electrons. The zero-order valence-corrected chi connectivity index (χ0v) is 12.9. The number of pyridine rings is 1. The lowest BCUT2D eigenvalue weighted by Crippen LogP contribution is -2.05. The molecule has 0 spiro atoms. The maximum Gasteiger partial charge on any atom is 0.0922 e. The van der Waals surface area contributed by atoms with Crippen molar-refractivity contribution in [2.45, 2.75) is 12.8 Å². The van der Waals surface area contributed by atoms with Crippen molar-refractivity contribution in [2.75, 3.05) is 0 Å². The average Bonchev–Trinajstić information content (AvgIpc) is 3.11. The van der Waals surface area contributed by atoms with Crippen LogP contribution < -0.4 is 0 Å². The molecule has 4 aromatic rings. The van der Waals surface area contributed by atoms with Crippen molar-refractivity contribution in [3.63, 3.8) is 0 Å². The van der Waals surface area contributed by atoms with Gasteiger partial charge in [0.2, 0.25) is 0 Å². The molecule has 0 fully saturated rings. The monoisotopic (exact) mass is 299 g/mol. The van der Waals surface area contributed by atoms with E-state index in [-0.39, 0.29) is 5.92 Å². The van der Waals surface area contributed by atoms with E-state index < -0.39 is 0 Å². The Hall–Kier alpha value is -2.94. The van der Waals surface area contributed by atoms with Gasteiger partial charge in [0, 0.05) is 23.5 Å². The molecular weight excluding hydrogens is 282 g/mol. The molecule has 0 aliphatic rings. The Morgan fingerprint density at radius 2 is 1.83 bits per heavy atom. The van der Waals surface area contributed by atoms with Crippen molar-refractivity contribution in [3.05, 3.63) is 95.7 Å². The number of aromatic nitrogens is 3. The van der Waals surface area contributed by atoms with Gasteiger partial charge in [0.15, 0.2) is 0 Å². The number of hydrogen-bond donors (Lipinski definition) is 1. The van der Waals surface area contributed by atoms with Gasteiger partial charge in [-0.2, -0.15) is 0 Å². The average molecular weight is 299 g/mol. The fourth-order valence-electron chi connectivity index (χ4n) is 3.17. The quantitative estimate of drug-likeness (QED) is 0.607. The Morgan fingerprint density at radius 1 is 0.957 bits per heavy atom. The molecule has 0 saturated carbocycles. The van der Waals surface area contributed by atoms with Gasteiger partial charge in [0.05, 0.1) is 17.8 Å². The molecule has 0 bridgehead atoms. The minimum atomic E-state index is 0.0942. The van der Waals surface area contributed by atoms with E-state index in [1.54, 1.807) is 6.33 Å². The summed E-state index contributed by atoms with van der Waals surface area (Å²) in [7, 11) is 0. The number of fused-ring (bicyclic) bond motifs is 1. The highest BCUT2D eigenvalue weighted by atomic mass is 14.9. The molecule has 0 aliphatic heterocycles. The third-order valence-corrected chi connectivity index (χ3v) is 4.29. The van der Waals surface area contributed by atoms with Gasteiger partial charge in [0.25, 0.3) is 0 Å². The molecule has 2 aromatic heterocycles. The summed E-state index contributed by atoms with van der Waals surface area (Å²) in [5, 5.41) is 1.20. The van der Waals surface area contributed by atoms with E-state index in [4.69, 9.17) is 0 Å². The molecule has 0 saturated heterocycles. The summed E-state index contributed by atoms with van der Waals surface area (Å²) in [6, 6.07) is 19.0. The summed E-state index contributed by atoms with van der Waals surface area (Å²) in [6.45, 7) is 2.13. The Kier molecular flexibility index (Phi) is 3.39. The number of nitrogens with zero attached hydrogens (tertiary/aromatic N) is 2. The fraction of sp³-hybridized carbons (Fsp3) is 0.100. The van der Waals surface area contributed by atoms with Crippen molar-refractivity contribution >= 4 is 10.9 Å². The molecule has 3 heteroatoms. The molecule has 0 aliphatic carbocycles. The molecule has 2 heterocycles. The SMILES string of the molecule is Cc1ccnc2c(C(c3ccccc3)c3cnc[nH]3)cccc12. The number of aromatic amines is 1. The van der Waals surface area contributed by atoms with E-state index >= 15 is 0 Å². The first-order valence-corrected chi connectivity index (χ1v) is 7.72. The van der Waals surface area contributed by atoms with Crippen LogP contribution in [0.5, 0.6) is 0 Å². The number of nitrogens with one attached hydrogen (secondary N) is 1. The summed E-state index contributed by atoms with van der Waals surface area (Å²) in [4.78, 5) is 12.2. The first-order valence-electron chi connectivity index (χ1n) is 7.72. The topological polar surface area (TPSA) is 41.6 Å². The predicted octanol–water partition coefficient (Wildman–Crippen LogP) is 4.45. The third kappa shape index (κ3) is 2.40. The van der Waals surface area contributed by atoms with Gasteiger partial charge in [0.1, 0.15) is 0 Å². The normalized spacial score (nSPS) is 12.4. The van der Waals surface area contributed by atoms with Crippen LogP contribution in [0.15, 0.2) is 73.3 Å². The van der Waals surface area contributed by atoms with E-state index in [1.165, 1.54) is 22.1 Å². The molecule has 23 heavy (non-hydrogen) atoms. The van der Waals surface area contributed by atoms with Gasteiger partial charge in [-0.15, -0.1) is 0 Å². The van der Waals surface area contributed by atoms with Crippen LogP contribution in [0.1, 0.15) is 28.3 Å². The number of para-hydroxylation sites is 1. The number of aryl methyl sites for hydroxylation is 1. The number of imidazole rings is 1. The second kappa shape index (κ2) is 5.69. The molecule has 4 rings (SSSR count). The fourth-order valence-corrected chi connectivity index (χ4v) is 3.17. The van der Waals surface area contributed by atoms with Crippen molar-refractivity contribution in [1.29, 1.82) is 0 Å². The van der Waals surface area contributed by atoms with E-state index in [1.807, 2.05) is 18.5 Å². The number of H-pyrrole nitrogens is 1. The summed E-state index contributed by atoms with van der Waals surface area (Å²) in [5.41, 5.74) is 5.80. The third-order valence-electron chi connectivity index (χ3n) is 4.29. The molecule has 1 unspecified atom stereocenters. The van der Waals surface area contributed by atoms with Crippen LogP contribution in [0.3, 0.4) is 0 Å². The summed E-state index contributed by atoms with van der Waals surface area (Å²) in [5.74, 6) is 0.0942. The molecule has 1 N–H and O–H groups in total. The summed E-state index contributed by atoms with van der Waals surface area (Å²) >= 11 is 0. The number of rotatable bonds is 3. The predicted molar refractivity (Wildman–Crippen MR) is 92.5 cm³/mol. The molecule has 3 nitrogen and oxygen atoms in total. The van der Waals surface area contributed by atoms with Crippen LogP contribution in [0, 0.1) is 6.92 Å². The summed E-state index contributed by atoms with van der Waals surface area (Å²) in [6.07, 6.45) is 5.51. The van der Waals surface area contributed by atoms with E-state index in [0.717, 1.165) is 11.2 Å². The lowest BCUT2D eigenvalue weighted by molar-refractivity contribution is 0.938. The van der Waals surface area contributed by atoms with Crippen molar-refractivity contribution in [2.24, 2.45) is 0 Å². The van der Waals surface area contributed by atoms with Gasteiger partial charge in [-0.3, -0.25) is 4.98 Å². The zero-order valence-electron chi connectivity index (χ0n) is 12.9. The van der Waals surface area contributed by atoms with Crippen LogP contribution >= 0.6 is 0 Å². The minimum absolute atomic E-state index is 0.0942. The Balaban J connectivity index is 2.00. The van der Waals surface area contributed by atoms with E-state index in [0.29, 0.717) is 0 Å². The van der Waals surface area contributed by atoms with Crippen molar-refractivity contribution in [1.82, 2.24) is 15.0 Å². The van der Waals surface area contributed by atoms with Crippen LogP contribution in [-0.2, 0) is 0 Å². The highest BCUT2D eigenvalue weighted by Crippen LogP contribution is 2.34. The van der Waals surface area contributed by atoms with Gasteiger partial charge >= 0.3 is 0 Å². The highest BCUT2D eigenvalue weighted by molar-refractivity contribution is 5.86. The summed E-state index contributed by atoms with van der Waals surface area (Å²) < 4.78 is 0. The molecular formula is C20H17N3. The Morgan fingerprint density at radius 3 is 2.61 bits per heavy atom. The zero-order chi connectivity index (χ0) is 15.6. The lowest BCUT2D eigenvalue weighted by atomic mass is 9.87. The van der Waals surface area contributed by atoms with Gasteiger partial charge in [-0.05, 0) is 29.7 Å². The second-order valence-electron chi connectivity index (χ2n) is 5.72. The number of hydrogen-bond acceptors (Lipinski definition) is 2. The first kappa shape index (κ1) is 13.7. The second-order valence-corrected chi connectivity index (χ2v) is 5.72. The van der Waals surface area contributed by atoms with Gasteiger partial charge < -0.3 is 4.98 Å². The van der Waals surface area contributed by atoms with Crippen LogP contribution in [0.4, 0.5) is 0 Å². The van der Waals surface area contributed by atoms with E-state index in [9.17, 15) is 0 Å². The largest absolute Gasteiger partial charge is 0.348 e. The smallest absolute Gasteiger partial charge is 0.0922 e. The van der Waals surface area contributed by atoms with Gasteiger partial charge in [-0.1, -0.05) is 48.5 Å². The minimum Gasteiger partial charge on any atom is -0.348 e. The van der Waals surface area contributed by atoms with Crippen LogP contribution in [0.25, 0.3) is 10.9 Å². The Labute approximate surface area is 135 Å². The van der Waals surface area contributed by atoms with Crippen LogP contribution in [0.2, 0.25) is 0 Å². The molecule has 1 atom stereocenters. The van der Waals surface area contributed by atoms with Crippen LogP contribution in [-0.4, -0.2) is 15.0 Å². The molecule has 0 amide bonds. The van der Waals surface area contributed by atoms with Gasteiger partial charge in [-0.25, -0.2) is 4.98 Å². The highest BCUT2D eigenvalue weighted by Gasteiger charge is 2.20. The number of benzene rings is 2.